The van der Waals surface area contributed by atoms with Crippen molar-refractivity contribution >= 4 is 33.6 Å². The molecule has 180 valence electrons. The van der Waals surface area contributed by atoms with Gasteiger partial charge < -0.3 is 10.1 Å². The molecule has 0 aromatic heterocycles. The summed E-state index contributed by atoms with van der Waals surface area (Å²) in [6, 6.07) is 5.28. The van der Waals surface area contributed by atoms with Gasteiger partial charge in [-0.05, 0) is 80.9 Å². The average Bonchev–Trinajstić information content (AvgIpc) is 2.70. The minimum absolute atomic E-state index is 0.0346. The summed E-state index contributed by atoms with van der Waals surface area (Å²) in [5, 5.41) is 5.30. The summed E-state index contributed by atoms with van der Waals surface area (Å²) in [5.41, 5.74) is 0.108. The Hall–Kier alpha value is -2.62. The molecule has 9 nitrogen and oxygen atoms in total. The molecule has 4 bridgehead atoms. The number of urea groups is 1. The molecule has 4 saturated carbocycles. The third kappa shape index (κ3) is 5.85. The molecular weight excluding hydrogens is 446 g/mol. The van der Waals surface area contributed by atoms with E-state index < -0.39 is 34.5 Å². The molecule has 0 unspecified atom stereocenters. The lowest BCUT2D eigenvalue weighted by molar-refractivity contribution is -0.123. The second-order valence-corrected chi connectivity index (χ2v) is 11.6. The van der Waals surface area contributed by atoms with E-state index in [0.29, 0.717) is 24.2 Å². The summed E-state index contributed by atoms with van der Waals surface area (Å²) in [6.07, 6.45) is 7.11. The van der Waals surface area contributed by atoms with Crippen molar-refractivity contribution in [2.24, 2.45) is 17.8 Å². The molecule has 0 saturated heterocycles. The number of esters is 1. The molecule has 0 atom stereocenters. The number of nitrogens with one attached hydrogen (secondary N) is 3. The van der Waals surface area contributed by atoms with Crippen molar-refractivity contribution in [1.82, 2.24) is 10.6 Å². The zero-order valence-corrected chi connectivity index (χ0v) is 19.6. The zero-order chi connectivity index (χ0) is 23.6. The topological polar surface area (TPSA) is 131 Å². The van der Waals surface area contributed by atoms with Crippen LogP contribution in [0.3, 0.4) is 0 Å². The van der Waals surface area contributed by atoms with Crippen LogP contribution in [0, 0.1) is 17.8 Å². The van der Waals surface area contributed by atoms with E-state index in [1.54, 1.807) is 6.92 Å². The number of rotatable bonds is 8. The van der Waals surface area contributed by atoms with E-state index in [0.717, 1.165) is 19.3 Å². The van der Waals surface area contributed by atoms with Crippen molar-refractivity contribution in [1.29, 1.82) is 0 Å². The molecule has 10 heteroatoms. The number of hydrogen-bond acceptors (Lipinski definition) is 6. The van der Waals surface area contributed by atoms with Crippen LogP contribution < -0.4 is 15.4 Å². The summed E-state index contributed by atoms with van der Waals surface area (Å²) in [4.78, 5) is 36.9. The Morgan fingerprint density at radius 1 is 1.06 bits per heavy atom. The fourth-order valence-corrected chi connectivity index (χ4v) is 7.25. The number of carbonyl (C=O) groups excluding carboxylic acids is 3. The molecule has 0 spiro atoms. The maximum Gasteiger partial charge on any atom is 0.338 e. The van der Waals surface area contributed by atoms with Crippen LogP contribution in [0.15, 0.2) is 24.3 Å². The Morgan fingerprint density at radius 2 is 1.70 bits per heavy atom. The summed E-state index contributed by atoms with van der Waals surface area (Å²) in [6.45, 7) is 1.14. The molecule has 1 aromatic rings. The van der Waals surface area contributed by atoms with Crippen molar-refractivity contribution in [2.75, 3.05) is 17.1 Å². The van der Waals surface area contributed by atoms with Crippen LogP contribution in [0.4, 0.5) is 10.5 Å². The van der Waals surface area contributed by atoms with Crippen molar-refractivity contribution in [3.8, 4) is 0 Å². The van der Waals surface area contributed by atoms with E-state index >= 15 is 0 Å². The Kier molecular flexibility index (Phi) is 6.65. The van der Waals surface area contributed by atoms with Crippen LogP contribution in [0.2, 0.25) is 0 Å². The number of amides is 3. The number of anilines is 1. The van der Waals surface area contributed by atoms with Crippen LogP contribution in [-0.4, -0.2) is 44.2 Å². The molecule has 33 heavy (non-hydrogen) atoms. The molecule has 1 aromatic carbocycles. The molecule has 5 rings (SSSR count). The van der Waals surface area contributed by atoms with Gasteiger partial charge in [-0.3, -0.25) is 14.8 Å². The smallest absolute Gasteiger partial charge is 0.338 e. The Morgan fingerprint density at radius 3 is 2.30 bits per heavy atom. The predicted octanol–water partition coefficient (Wildman–Crippen LogP) is 2.79. The first-order valence-corrected chi connectivity index (χ1v) is 13.2. The molecule has 0 radical (unpaired) electrons. The molecule has 3 N–H and O–H groups in total. The van der Waals surface area contributed by atoms with Gasteiger partial charge in [0.2, 0.25) is 10.0 Å². The van der Waals surface area contributed by atoms with Gasteiger partial charge in [-0.2, -0.15) is 0 Å². The molecule has 4 fully saturated rings. The lowest BCUT2D eigenvalue weighted by atomic mass is 9.53. The van der Waals surface area contributed by atoms with Crippen LogP contribution >= 0.6 is 0 Å². The highest BCUT2D eigenvalue weighted by Crippen LogP contribution is 2.55. The number of imide groups is 1. The van der Waals surface area contributed by atoms with Crippen LogP contribution in [0.25, 0.3) is 0 Å². The second kappa shape index (κ2) is 9.32. The molecule has 0 heterocycles. The summed E-state index contributed by atoms with van der Waals surface area (Å²) >= 11 is 0. The van der Waals surface area contributed by atoms with E-state index in [2.05, 4.69) is 15.4 Å². The summed E-state index contributed by atoms with van der Waals surface area (Å²) in [7, 11) is -3.50. The fourth-order valence-electron chi connectivity index (χ4n) is 6.12. The number of ether oxygens (including phenoxy) is 1. The number of carbonyl (C=O) groups is 3. The SMILES string of the molecule is CCCS(=O)(=O)Nc1cccc(C(=O)OCC(=O)NC(=O)NC23CC4CC(CC(C4)C2)C3)c1. The third-order valence-electron chi connectivity index (χ3n) is 6.85. The normalized spacial score (nSPS) is 27.6. The third-order valence-corrected chi connectivity index (χ3v) is 8.34. The van der Waals surface area contributed by atoms with Gasteiger partial charge in [-0.25, -0.2) is 18.0 Å². The van der Waals surface area contributed by atoms with E-state index in [1.807, 2.05) is 0 Å². The van der Waals surface area contributed by atoms with Crippen molar-refractivity contribution in [3.05, 3.63) is 29.8 Å². The maximum atomic E-state index is 12.4. The number of sulfonamides is 1. The number of hydrogen-bond donors (Lipinski definition) is 3. The lowest BCUT2D eigenvalue weighted by Gasteiger charge is -2.56. The number of benzene rings is 1. The van der Waals surface area contributed by atoms with Gasteiger partial charge in [0.05, 0.1) is 11.3 Å². The van der Waals surface area contributed by atoms with Gasteiger partial charge in [0.15, 0.2) is 6.61 Å². The molecule has 0 aliphatic heterocycles. The maximum absolute atomic E-state index is 12.4. The minimum atomic E-state index is -3.50. The van der Waals surface area contributed by atoms with E-state index in [9.17, 15) is 22.8 Å². The fraction of sp³-hybridized carbons (Fsp3) is 0.609. The monoisotopic (exact) mass is 477 g/mol. The van der Waals surface area contributed by atoms with Gasteiger partial charge in [-0.15, -0.1) is 0 Å². The zero-order valence-electron chi connectivity index (χ0n) is 18.8. The molecule has 4 aliphatic rings. The predicted molar refractivity (Wildman–Crippen MR) is 122 cm³/mol. The summed E-state index contributed by atoms with van der Waals surface area (Å²) in [5.74, 6) is 0.447. The summed E-state index contributed by atoms with van der Waals surface area (Å²) < 4.78 is 31.2. The first-order chi connectivity index (χ1) is 15.7. The Balaban J connectivity index is 1.25. The Bertz CT molecular complexity index is 1000. The van der Waals surface area contributed by atoms with Crippen LogP contribution in [0.5, 0.6) is 0 Å². The van der Waals surface area contributed by atoms with Crippen molar-refractivity contribution < 1.29 is 27.5 Å². The van der Waals surface area contributed by atoms with Gasteiger partial charge in [-0.1, -0.05) is 13.0 Å². The van der Waals surface area contributed by atoms with Gasteiger partial charge in [0, 0.05) is 11.2 Å². The van der Waals surface area contributed by atoms with E-state index in [1.165, 1.54) is 43.5 Å². The van der Waals surface area contributed by atoms with Crippen molar-refractivity contribution in [3.63, 3.8) is 0 Å². The van der Waals surface area contributed by atoms with Gasteiger partial charge >= 0.3 is 12.0 Å². The second-order valence-electron chi connectivity index (χ2n) is 9.78. The highest BCUT2D eigenvalue weighted by molar-refractivity contribution is 7.92. The largest absolute Gasteiger partial charge is 0.452 e. The first kappa shape index (κ1) is 23.5. The average molecular weight is 478 g/mol. The minimum Gasteiger partial charge on any atom is -0.452 e. The molecule has 3 amide bonds. The molecular formula is C23H31N3O6S. The first-order valence-electron chi connectivity index (χ1n) is 11.5. The van der Waals surface area contributed by atoms with E-state index in [4.69, 9.17) is 4.74 Å². The lowest BCUT2D eigenvalue weighted by Crippen LogP contribution is -2.62. The highest BCUT2D eigenvalue weighted by Gasteiger charge is 2.51. The van der Waals surface area contributed by atoms with Crippen LogP contribution in [-0.2, 0) is 19.6 Å². The van der Waals surface area contributed by atoms with Gasteiger partial charge in [0.25, 0.3) is 5.91 Å². The van der Waals surface area contributed by atoms with Crippen molar-refractivity contribution in [2.45, 2.75) is 57.4 Å². The van der Waals surface area contributed by atoms with Crippen LogP contribution in [0.1, 0.15) is 62.2 Å². The Labute approximate surface area is 194 Å². The highest BCUT2D eigenvalue weighted by atomic mass is 32.2. The quantitative estimate of drug-likeness (QED) is 0.494. The van der Waals surface area contributed by atoms with Gasteiger partial charge in [0.1, 0.15) is 0 Å². The standard InChI is InChI=1S/C23H31N3O6S/c1-2-6-33(30,31)26-19-5-3-4-18(10-19)21(28)32-14-20(27)24-22(29)25-23-11-15-7-16(12-23)9-17(8-15)13-23/h3-5,10,15-17,26H,2,6-9,11-14H2,1H3,(H2,24,25,27,29). The van der Waals surface area contributed by atoms with E-state index in [-0.39, 0.29) is 22.5 Å². The molecule has 4 aliphatic carbocycles.